The largest absolute Gasteiger partial charge is 0.481 e. The van der Waals surface area contributed by atoms with Crippen molar-refractivity contribution in [3.8, 4) is 0 Å². The van der Waals surface area contributed by atoms with Gasteiger partial charge in [0.2, 0.25) is 5.91 Å². The number of carboxylic acids is 1. The van der Waals surface area contributed by atoms with Crippen LogP contribution in [0.4, 0.5) is 0 Å². The lowest BCUT2D eigenvalue weighted by Crippen LogP contribution is -2.35. The Bertz CT molecular complexity index is 261. The minimum atomic E-state index is -0.846. The minimum absolute atomic E-state index is 0.0248. The number of rotatable bonds is 6. The molecule has 5 heteroatoms. The smallest absolute Gasteiger partial charge is 0.303 e. The number of carbonyl (C=O) groups excluding carboxylic acids is 1. The van der Waals surface area contributed by atoms with E-state index < -0.39 is 5.97 Å². The second-order valence-corrected chi connectivity index (χ2v) is 4.60. The standard InChI is InChI=1S/C12H21NO4/c1-13(8-10-4-3-7-17-9-10)11(14)5-2-6-12(15)16/h10H,2-9H2,1H3,(H,15,16). The van der Waals surface area contributed by atoms with Crippen molar-refractivity contribution in [3.05, 3.63) is 0 Å². The molecule has 1 saturated heterocycles. The summed E-state index contributed by atoms with van der Waals surface area (Å²) in [6.45, 7) is 2.27. The second kappa shape index (κ2) is 7.27. The van der Waals surface area contributed by atoms with Crippen molar-refractivity contribution >= 4 is 11.9 Å². The van der Waals surface area contributed by atoms with Gasteiger partial charge in [-0.3, -0.25) is 9.59 Å². The Labute approximate surface area is 102 Å². The molecule has 1 amide bonds. The number of aliphatic carboxylic acids is 1. The molecular weight excluding hydrogens is 222 g/mol. The zero-order valence-corrected chi connectivity index (χ0v) is 10.4. The highest BCUT2D eigenvalue weighted by atomic mass is 16.5. The molecule has 0 aromatic carbocycles. The van der Waals surface area contributed by atoms with Gasteiger partial charge in [0, 0.05) is 33.0 Å². The predicted molar refractivity (Wildman–Crippen MR) is 62.7 cm³/mol. The quantitative estimate of drug-likeness (QED) is 0.759. The van der Waals surface area contributed by atoms with E-state index in [4.69, 9.17) is 9.84 Å². The molecule has 5 nitrogen and oxygen atoms in total. The summed E-state index contributed by atoms with van der Waals surface area (Å²) in [4.78, 5) is 23.7. The predicted octanol–water partition coefficient (Wildman–Crippen LogP) is 1.13. The Hall–Kier alpha value is -1.10. The van der Waals surface area contributed by atoms with E-state index in [1.165, 1.54) is 0 Å². The van der Waals surface area contributed by atoms with Crippen molar-refractivity contribution in [3.63, 3.8) is 0 Å². The summed E-state index contributed by atoms with van der Waals surface area (Å²) in [7, 11) is 1.78. The lowest BCUT2D eigenvalue weighted by atomic mass is 10.0. The molecule has 0 aromatic heterocycles. The Morgan fingerprint density at radius 2 is 2.18 bits per heavy atom. The number of ether oxygens (including phenoxy) is 1. The van der Waals surface area contributed by atoms with E-state index in [9.17, 15) is 9.59 Å². The fraction of sp³-hybridized carbons (Fsp3) is 0.833. The molecule has 0 aliphatic carbocycles. The topological polar surface area (TPSA) is 66.8 Å². The molecule has 0 radical (unpaired) electrons. The van der Waals surface area contributed by atoms with Crippen molar-refractivity contribution in [1.29, 1.82) is 0 Å². The Kier molecular flexibility index (Phi) is 5.97. The number of hydrogen-bond donors (Lipinski definition) is 1. The molecule has 1 N–H and O–H groups in total. The van der Waals surface area contributed by atoms with Crippen molar-refractivity contribution in [2.24, 2.45) is 5.92 Å². The van der Waals surface area contributed by atoms with Gasteiger partial charge in [0.25, 0.3) is 0 Å². The summed E-state index contributed by atoms with van der Waals surface area (Å²) in [5, 5.41) is 8.48. The lowest BCUT2D eigenvalue weighted by Gasteiger charge is -2.27. The van der Waals surface area contributed by atoms with Gasteiger partial charge < -0.3 is 14.7 Å². The van der Waals surface area contributed by atoms with Crippen molar-refractivity contribution in [2.45, 2.75) is 32.1 Å². The molecule has 0 aromatic rings. The molecule has 1 rings (SSSR count). The van der Waals surface area contributed by atoms with Crippen LogP contribution in [0.25, 0.3) is 0 Å². The SMILES string of the molecule is CN(CC1CCCOC1)C(=O)CCCC(=O)O. The summed E-state index contributed by atoms with van der Waals surface area (Å²) < 4.78 is 5.36. The van der Waals surface area contributed by atoms with Gasteiger partial charge in [-0.1, -0.05) is 0 Å². The number of nitrogens with zero attached hydrogens (tertiary/aromatic N) is 1. The van der Waals surface area contributed by atoms with Gasteiger partial charge in [-0.15, -0.1) is 0 Å². The molecule has 1 fully saturated rings. The van der Waals surface area contributed by atoms with Gasteiger partial charge in [0.1, 0.15) is 0 Å². The average molecular weight is 243 g/mol. The first-order chi connectivity index (χ1) is 8.09. The van der Waals surface area contributed by atoms with Crippen LogP contribution in [0.15, 0.2) is 0 Å². The van der Waals surface area contributed by atoms with Crippen molar-refractivity contribution < 1.29 is 19.4 Å². The third-order valence-electron chi connectivity index (χ3n) is 2.99. The molecular formula is C12H21NO4. The first-order valence-corrected chi connectivity index (χ1v) is 6.13. The normalized spacial score (nSPS) is 19.9. The van der Waals surface area contributed by atoms with Crippen LogP contribution >= 0.6 is 0 Å². The zero-order chi connectivity index (χ0) is 12.7. The van der Waals surface area contributed by atoms with Gasteiger partial charge in [0.15, 0.2) is 0 Å². The van der Waals surface area contributed by atoms with Crippen molar-refractivity contribution in [2.75, 3.05) is 26.8 Å². The molecule has 1 atom stereocenters. The summed E-state index contributed by atoms with van der Waals surface area (Å²) in [5.74, 6) is -0.393. The van der Waals surface area contributed by atoms with E-state index in [1.807, 2.05) is 0 Å². The van der Waals surface area contributed by atoms with Gasteiger partial charge in [-0.05, 0) is 25.2 Å². The third-order valence-corrected chi connectivity index (χ3v) is 2.99. The number of amides is 1. The van der Waals surface area contributed by atoms with Crippen LogP contribution in [0.1, 0.15) is 32.1 Å². The van der Waals surface area contributed by atoms with Crippen LogP contribution in [-0.2, 0) is 14.3 Å². The van der Waals surface area contributed by atoms with Crippen LogP contribution in [0, 0.1) is 5.92 Å². The second-order valence-electron chi connectivity index (χ2n) is 4.60. The maximum absolute atomic E-state index is 11.7. The summed E-state index contributed by atoms with van der Waals surface area (Å²) in [6, 6.07) is 0. The van der Waals surface area contributed by atoms with E-state index in [-0.39, 0.29) is 12.3 Å². The average Bonchev–Trinajstić information content (AvgIpc) is 2.29. The van der Waals surface area contributed by atoms with Gasteiger partial charge in [-0.25, -0.2) is 0 Å². The number of carbonyl (C=O) groups is 2. The first kappa shape index (κ1) is 14.0. The summed E-state index contributed by atoms with van der Waals surface area (Å²) >= 11 is 0. The zero-order valence-electron chi connectivity index (χ0n) is 10.4. The summed E-state index contributed by atoms with van der Waals surface area (Å²) in [6.07, 6.45) is 2.96. The van der Waals surface area contributed by atoms with Crippen LogP contribution < -0.4 is 0 Å². The summed E-state index contributed by atoms with van der Waals surface area (Å²) in [5.41, 5.74) is 0. The lowest BCUT2D eigenvalue weighted by molar-refractivity contribution is -0.137. The highest BCUT2D eigenvalue weighted by Crippen LogP contribution is 2.15. The maximum atomic E-state index is 11.7. The molecule has 0 bridgehead atoms. The number of carboxylic acid groups (broad SMARTS) is 1. The van der Waals surface area contributed by atoms with Crippen LogP contribution in [0.3, 0.4) is 0 Å². The molecule has 1 unspecified atom stereocenters. The van der Waals surface area contributed by atoms with E-state index in [0.29, 0.717) is 25.3 Å². The monoisotopic (exact) mass is 243 g/mol. The minimum Gasteiger partial charge on any atom is -0.481 e. The Morgan fingerprint density at radius 3 is 2.76 bits per heavy atom. The van der Waals surface area contributed by atoms with Gasteiger partial charge in [-0.2, -0.15) is 0 Å². The first-order valence-electron chi connectivity index (χ1n) is 6.13. The number of hydrogen-bond acceptors (Lipinski definition) is 3. The van der Waals surface area contributed by atoms with Crippen LogP contribution in [-0.4, -0.2) is 48.7 Å². The van der Waals surface area contributed by atoms with E-state index in [0.717, 1.165) is 26.1 Å². The maximum Gasteiger partial charge on any atom is 0.303 e. The van der Waals surface area contributed by atoms with Gasteiger partial charge in [0.05, 0.1) is 6.61 Å². The Morgan fingerprint density at radius 1 is 1.41 bits per heavy atom. The fourth-order valence-electron chi connectivity index (χ4n) is 2.02. The van der Waals surface area contributed by atoms with Crippen molar-refractivity contribution in [1.82, 2.24) is 4.90 Å². The van der Waals surface area contributed by atoms with E-state index in [1.54, 1.807) is 11.9 Å². The van der Waals surface area contributed by atoms with E-state index >= 15 is 0 Å². The third kappa shape index (κ3) is 5.68. The molecule has 1 heterocycles. The molecule has 17 heavy (non-hydrogen) atoms. The highest BCUT2D eigenvalue weighted by Gasteiger charge is 2.18. The molecule has 98 valence electrons. The van der Waals surface area contributed by atoms with Crippen LogP contribution in [0.5, 0.6) is 0 Å². The molecule has 0 spiro atoms. The van der Waals surface area contributed by atoms with E-state index in [2.05, 4.69) is 0 Å². The highest BCUT2D eigenvalue weighted by molar-refractivity contribution is 5.76. The van der Waals surface area contributed by atoms with Crippen LogP contribution in [0.2, 0.25) is 0 Å². The Balaban J connectivity index is 2.18. The fourth-order valence-corrected chi connectivity index (χ4v) is 2.02. The molecule has 1 aliphatic rings. The molecule has 1 aliphatic heterocycles. The van der Waals surface area contributed by atoms with Gasteiger partial charge >= 0.3 is 5.97 Å². The molecule has 0 saturated carbocycles.